The molecule has 5 nitrogen and oxygen atoms in total. The molecule has 0 saturated heterocycles. The van der Waals surface area contributed by atoms with Crippen molar-refractivity contribution in [1.29, 1.82) is 0 Å². The fourth-order valence-corrected chi connectivity index (χ4v) is 1.71. The van der Waals surface area contributed by atoms with Crippen LogP contribution in [0.25, 0.3) is 0 Å². The Balaban J connectivity index is 2.53. The molecule has 1 aromatic rings. The number of unbranched alkanes of at least 4 members (excludes halogenated alkanes) is 1. The summed E-state index contributed by atoms with van der Waals surface area (Å²) in [7, 11) is 3.14. The zero-order chi connectivity index (χ0) is 15.0. The first-order valence-corrected chi connectivity index (χ1v) is 6.74. The molecule has 0 saturated carbocycles. The van der Waals surface area contributed by atoms with Gasteiger partial charge in [-0.1, -0.05) is 19.4 Å². The van der Waals surface area contributed by atoms with Crippen molar-refractivity contribution >= 4 is 17.6 Å². The van der Waals surface area contributed by atoms with Crippen molar-refractivity contribution < 1.29 is 14.3 Å². The second-order valence-electron chi connectivity index (χ2n) is 4.59. The van der Waals surface area contributed by atoms with Gasteiger partial charge in [-0.3, -0.25) is 4.79 Å². The maximum Gasteiger partial charge on any atom is 0.337 e. The smallest absolute Gasteiger partial charge is 0.337 e. The van der Waals surface area contributed by atoms with Crippen molar-refractivity contribution in [3.8, 4) is 0 Å². The molecule has 0 aromatic heterocycles. The number of amides is 1. The molecule has 0 fully saturated rings. The van der Waals surface area contributed by atoms with Crippen molar-refractivity contribution in [2.75, 3.05) is 32.6 Å². The summed E-state index contributed by atoms with van der Waals surface area (Å²) in [4.78, 5) is 25.0. The van der Waals surface area contributed by atoms with E-state index in [1.54, 1.807) is 30.1 Å². The van der Waals surface area contributed by atoms with Crippen LogP contribution in [0.2, 0.25) is 0 Å². The van der Waals surface area contributed by atoms with E-state index in [0.29, 0.717) is 5.56 Å². The summed E-state index contributed by atoms with van der Waals surface area (Å²) in [5.41, 5.74) is 1.19. The van der Waals surface area contributed by atoms with Gasteiger partial charge >= 0.3 is 5.97 Å². The van der Waals surface area contributed by atoms with Crippen LogP contribution in [0, 0.1) is 0 Å². The van der Waals surface area contributed by atoms with Crippen molar-refractivity contribution in [3.63, 3.8) is 0 Å². The Morgan fingerprint density at radius 1 is 1.35 bits per heavy atom. The molecule has 0 radical (unpaired) electrons. The van der Waals surface area contributed by atoms with Crippen molar-refractivity contribution in [2.24, 2.45) is 0 Å². The van der Waals surface area contributed by atoms with Gasteiger partial charge in [0.25, 0.3) is 0 Å². The van der Waals surface area contributed by atoms with Crippen LogP contribution in [0.4, 0.5) is 5.69 Å². The van der Waals surface area contributed by atoms with E-state index in [1.165, 1.54) is 7.11 Å². The number of benzene rings is 1. The summed E-state index contributed by atoms with van der Waals surface area (Å²) in [5, 5.41) is 3.02. The summed E-state index contributed by atoms with van der Waals surface area (Å²) in [6, 6.07) is 6.91. The van der Waals surface area contributed by atoms with E-state index in [4.69, 9.17) is 0 Å². The van der Waals surface area contributed by atoms with Gasteiger partial charge in [0.05, 0.1) is 19.2 Å². The monoisotopic (exact) mass is 278 g/mol. The predicted octanol–water partition coefficient (Wildman–Crippen LogP) is 2.14. The number of esters is 1. The lowest BCUT2D eigenvalue weighted by Gasteiger charge is -2.17. The van der Waals surface area contributed by atoms with E-state index < -0.39 is 0 Å². The first-order valence-electron chi connectivity index (χ1n) is 6.74. The Morgan fingerprint density at radius 3 is 2.75 bits per heavy atom. The summed E-state index contributed by atoms with van der Waals surface area (Å²) in [5.74, 6) is -0.359. The minimum Gasteiger partial charge on any atom is -0.465 e. The molecule has 5 heteroatoms. The van der Waals surface area contributed by atoms with E-state index in [-0.39, 0.29) is 18.4 Å². The van der Waals surface area contributed by atoms with Gasteiger partial charge in [-0.15, -0.1) is 0 Å². The highest BCUT2D eigenvalue weighted by molar-refractivity contribution is 5.90. The lowest BCUT2D eigenvalue weighted by molar-refractivity contribution is -0.128. The second-order valence-corrected chi connectivity index (χ2v) is 4.59. The lowest BCUT2D eigenvalue weighted by Crippen LogP contribution is -2.32. The van der Waals surface area contributed by atoms with E-state index in [9.17, 15) is 9.59 Å². The van der Waals surface area contributed by atoms with Gasteiger partial charge < -0.3 is 15.0 Å². The maximum atomic E-state index is 11.9. The number of nitrogens with one attached hydrogen (secondary N) is 1. The molecule has 0 atom stereocenters. The highest BCUT2D eigenvalue weighted by Gasteiger charge is 2.09. The number of ether oxygens (including phenoxy) is 1. The third-order valence-corrected chi connectivity index (χ3v) is 3.00. The molecule has 0 aliphatic heterocycles. The average Bonchev–Trinajstić information content (AvgIpc) is 2.49. The van der Waals surface area contributed by atoms with Crippen LogP contribution in [0.15, 0.2) is 24.3 Å². The molecule has 0 spiro atoms. The summed E-state index contributed by atoms with van der Waals surface area (Å²) >= 11 is 0. The highest BCUT2D eigenvalue weighted by Crippen LogP contribution is 2.11. The van der Waals surface area contributed by atoms with E-state index >= 15 is 0 Å². The normalized spacial score (nSPS) is 9.95. The fraction of sp³-hybridized carbons (Fsp3) is 0.467. The Labute approximate surface area is 119 Å². The Bertz CT molecular complexity index is 460. The predicted molar refractivity (Wildman–Crippen MR) is 78.8 cm³/mol. The third kappa shape index (κ3) is 4.91. The molecular formula is C15H22N2O3. The van der Waals surface area contributed by atoms with Crippen molar-refractivity contribution in [3.05, 3.63) is 29.8 Å². The van der Waals surface area contributed by atoms with Crippen LogP contribution in [-0.4, -0.2) is 44.0 Å². The van der Waals surface area contributed by atoms with E-state index in [2.05, 4.69) is 17.0 Å². The summed E-state index contributed by atoms with van der Waals surface area (Å²) in [6.45, 7) is 3.07. The van der Waals surface area contributed by atoms with Crippen LogP contribution in [0.3, 0.4) is 0 Å². The van der Waals surface area contributed by atoms with Gasteiger partial charge in [0, 0.05) is 19.3 Å². The van der Waals surface area contributed by atoms with Crippen LogP contribution >= 0.6 is 0 Å². The first-order chi connectivity index (χ1) is 9.58. The standard InChI is InChI=1S/C15H22N2O3/c1-4-5-9-17(2)14(18)11-16-13-8-6-7-12(10-13)15(19)20-3/h6-8,10,16H,4-5,9,11H2,1-3H3. The molecule has 1 amide bonds. The molecule has 1 N–H and O–H groups in total. The van der Waals surface area contributed by atoms with Crippen LogP contribution < -0.4 is 5.32 Å². The SMILES string of the molecule is CCCCN(C)C(=O)CNc1cccc(C(=O)OC)c1. The van der Waals surface area contributed by atoms with Crippen molar-refractivity contribution in [2.45, 2.75) is 19.8 Å². The molecule has 0 aliphatic rings. The molecule has 0 heterocycles. The first kappa shape index (κ1) is 16.0. The second kappa shape index (κ2) is 8.19. The Hall–Kier alpha value is -2.04. The van der Waals surface area contributed by atoms with E-state index in [0.717, 1.165) is 25.1 Å². The largest absolute Gasteiger partial charge is 0.465 e. The summed E-state index contributed by atoms with van der Waals surface area (Å²) < 4.78 is 4.66. The zero-order valence-corrected chi connectivity index (χ0v) is 12.3. The number of methoxy groups -OCH3 is 1. The third-order valence-electron chi connectivity index (χ3n) is 3.00. The molecule has 1 rings (SSSR count). The van der Waals surface area contributed by atoms with Gasteiger partial charge in [0.2, 0.25) is 5.91 Å². The lowest BCUT2D eigenvalue weighted by atomic mass is 10.2. The van der Waals surface area contributed by atoms with Gasteiger partial charge in [0.1, 0.15) is 0 Å². The number of hydrogen-bond donors (Lipinski definition) is 1. The minimum atomic E-state index is -0.389. The zero-order valence-electron chi connectivity index (χ0n) is 12.3. The highest BCUT2D eigenvalue weighted by atomic mass is 16.5. The number of carbonyl (C=O) groups excluding carboxylic acids is 2. The minimum absolute atomic E-state index is 0.0296. The topological polar surface area (TPSA) is 58.6 Å². The molecule has 0 aliphatic carbocycles. The molecule has 0 unspecified atom stereocenters. The van der Waals surface area contributed by atoms with Crippen LogP contribution in [0.5, 0.6) is 0 Å². The van der Waals surface area contributed by atoms with Crippen LogP contribution in [-0.2, 0) is 9.53 Å². The maximum absolute atomic E-state index is 11.9. The summed E-state index contributed by atoms with van der Waals surface area (Å²) in [6.07, 6.45) is 2.06. The van der Waals surface area contributed by atoms with Gasteiger partial charge in [-0.2, -0.15) is 0 Å². The average molecular weight is 278 g/mol. The Kier molecular flexibility index (Phi) is 6.56. The van der Waals surface area contributed by atoms with E-state index in [1.807, 2.05) is 6.07 Å². The molecule has 0 bridgehead atoms. The number of anilines is 1. The van der Waals surface area contributed by atoms with Gasteiger partial charge in [-0.05, 0) is 24.6 Å². The van der Waals surface area contributed by atoms with Gasteiger partial charge in [-0.25, -0.2) is 4.79 Å². The molecule has 20 heavy (non-hydrogen) atoms. The van der Waals surface area contributed by atoms with Crippen molar-refractivity contribution in [1.82, 2.24) is 4.90 Å². The number of nitrogens with zero attached hydrogens (tertiary/aromatic N) is 1. The van der Waals surface area contributed by atoms with Crippen LogP contribution in [0.1, 0.15) is 30.1 Å². The Morgan fingerprint density at radius 2 is 2.10 bits per heavy atom. The number of likely N-dealkylation sites (N-methyl/N-ethyl adjacent to an activating group) is 1. The number of hydrogen-bond acceptors (Lipinski definition) is 4. The molecule has 110 valence electrons. The number of rotatable bonds is 7. The molecular weight excluding hydrogens is 256 g/mol. The molecule has 1 aromatic carbocycles. The quantitative estimate of drug-likeness (QED) is 0.776. The van der Waals surface area contributed by atoms with Gasteiger partial charge in [0.15, 0.2) is 0 Å². The fourth-order valence-electron chi connectivity index (χ4n) is 1.71. The number of carbonyl (C=O) groups is 2.